The third-order valence-corrected chi connectivity index (χ3v) is 1.63. The standard InChI is InChI=1S/C9H13F3N2O5/c1-5(2-9(10,11)12)13-8(18)14-6(15)3-19-4-7(16)17/h5H,2-4H2,1H3,(H,16,17)(H2,13,14,15,18). The van der Waals surface area contributed by atoms with E-state index in [1.165, 1.54) is 0 Å². The number of hydrogen-bond donors (Lipinski definition) is 3. The summed E-state index contributed by atoms with van der Waals surface area (Å²) < 4.78 is 40.2. The molecule has 0 aliphatic heterocycles. The van der Waals surface area contributed by atoms with Gasteiger partial charge in [0.1, 0.15) is 13.2 Å². The minimum absolute atomic E-state index is 0.687. The van der Waals surface area contributed by atoms with E-state index in [-0.39, 0.29) is 0 Å². The van der Waals surface area contributed by atoms with Gasteiger partial charge in [-0.05, 0) is 6.92 Å². The maximum atomic E-state index is 11.9. The number of carboxylic acid groups (broad SMARTS) is 1. The van der Waals surface area contributed by atoms with Crippen LogP contribution in [0.1, 0.15) is 13.3 Å². The van der Waals surface area contributed by atoms with Crippen LogP contribution in [0.25, 0.3) is 0 Å². The van der Waals surface area contributed by atoms with E-state index in [4.69, 9.17) is 5.11 Å². The molecule has 0 radical (unpaired) electrons. The van der Waals surface area contributed by atoms with Crippen LogP contribution in [0.2, 0.25) is 0 Å². The van der Waals surface area contributed by atoms with Crippen LogP contribution in [0.15, 0.2) is 0 Å². The van der Waals surface area contributed by atoms with Crippen molar-refractivity contribution in [1.82, 2.24) is 10.6 Å². The molecule has 0 fully saturated rings. The van der Waals surface area contributed by atoms with E-state index in [1.54, 1.807) is 5.32 Å². The third kappa shape index (κ3) is 11.0. The van der Waals surface area contributed by atoms with Crippen LogP contribution >= 0.6 is 0 Å². The van der Waals surface area contributed by atoms with E-state index in [9.17, 15) is 27.6 Å². The van der Waals surface area contributed by atoms with Crippen molar-refractivity contribution in [3.05, 3.63) is 0 Å². The summed E-state index contributed by atoms with van der Waals surface area (Å²) in [5.41, 5.74) is 0. The Morgan fingerprint density at radius 3 is 2.32 bits per heavy atom. The largest absolute Gasteiger partial charge is 0.480 e. The van der Waals surface area contributed by atoms with E-state index >= 15 is 0 Å². The number of carbonyl (C=O) groups excluding carboxylic acids is 2. The maximum absolute atomic E-state index is 11.9. The number of rotatable bonds is 6. The van der Waals surface area contributed by atoms with Gasteiger partial charge in [0.25, 0.3) is 5.91 Å². The van der Waals surface area contributed by atoms with Crippen molar-refractivity contribution in [2.24, 2.45) is 0 Å². The number of hydrogen-bond acceptors (Lipinski definition) is 4. The Hall–Kier alpha value is -1.84. The monoisotopic (exact) mass is 286 g/mol. The highest BCUT2D eigenvalue weighted by Crippen LogP contribution is 2.21. The molecular formula is C9H13F3N2O5. The molecular weight excluding hydrogens is 273 g/mol. The molecule has 1 atom stereocenters. The van der Waals surface area contributed by atoms with Gasteiger partial charge in [-0.2, -0.15) is 13.2 Å². The van der Waals surface area contributed by atoms with Gasteiger partial charge in [0.05, 0.1) is 6.42 Å². The lowest BCUT2D eigenvalue weighted by molar-refractivity contribution is -0.143. The highest BCUT2D eigenvalue weighted by Gasteiger charge is 2.30. The second-order valence-corrected chi connectivity index (χ2v) is 3.63. The molecule has 10 heteroatoms. The molecule has 0 aromatic carbocycles. The molecule has 0 rings (SSSR count). The van der Waals surface area contributed by atoms with Gasteiger partial charge in [-0.15, -0.1) is 0 Å². The number of ether oxygens (including phenoxy) is 1. The maximum Gasteiger partial charge on any atom is 0.391 e. The summed E-state index contributed by atoms with van der Waals surface area (Å²) in [5, 5.41) is 11.8. The lowest BCUT2D eigenvalue weighted by Gasteiger charge is -2.15. The van der Waals surface area contributed by atoms with E-state index in [1.807, 2.05) is 5.32 Å². The van der Waals surface area contributed by atoms with Gasteiger partial charge in [-0.25, -0.2) is 9.59 Å². The van der Waals surface area contributed by atoms with Crippen molar-refractivity contribution in [3.8, 4) is 0 Å². The minimum atomic E-state index is -4.43. The molecule has 0 aliphatic carbocycles. The summed E-state index contributed by atoms with van der Waals surface area (Å²) in [7, 11) is 0. The predicted molar refractivity (Wildman–Crippen MR) is 55.3 cm³/mol. The first-order valence-electron chi connectivity index (χ1n) is 5.07. The van der Waals surface area contributed by atoms with Gasteiger partial charge < -0.3 is 15.2 Å². The topological polar surface area (TPSA) is 105 Å². The molecule has 19 heavy (non-hydrogen) atoms. The molecule has 110 valence electrons. The SMILES string of the molecule is CC(CC(F)(F)F)NC(=O)NC(=O)COCC(=O)O. The number of aliphatic carboxylic acids is 1. The van der Waals surface area contributed by atoms with Crippen LogP contribution in [0, 0.1) is 0 Å². The van der Waals surface area contributed by atoms with Crippen molar-refractivity contribution in [3.63, 3.8) is 0 Å². The first-order valence-corrected chi connectivity index (χ1v) is 5.07. The number of carbonyl (C=O) groups is 3. The van der Waals surface area contributed by atoms with Gasteiger partial charge >= 0.3 is 18.2 Å². The van der Waals surface area contributed by atoms with Gasteiger partial charge in [0.2, 0.25) is 0 Å². The predicted octanol–water partition coefficient (Wildman–Crippen LogP) is 0.254. The van der Waals surface area contributed by atoms with E-state index in [0.29, 0.717) is 0 Å². The lowest BCUT2D eigenvalue weighted by Crippen LogP contribution is -2.45. The van der Waals surface area contributed by atoms with Gasteiger partial charge in [-0.3, -0.25) is 10.1 Å². The van der Waals surface area contributed by atoms with Crippen LogP contribution in [0.5, 0.6) is 0 Å². The number of urea groups is 1. The van der Waals surface area contributed by atoms with Crippen molar-refractivity contribution < 1.29 is 37.4 Å². The average molecular weight is 286 g/mol. The third-order valence-electron chi connectivity index (χ3n) is 1.63. The number of amides is 3. The molecule has 0 spiro atoms. The Morgan fingerprint density at radius 1 is 1.26 bits per heavy atom. The average Bonchev–Trinajstić information content (AvgIpc) is 2.12. The smallest absolute Gasteiger partial charge is 0.391 e. The molecule has 3 amide bonds. The molecule has 3 N–H and O–H groups in total. The van der Waals surface area contributed by atoms with Crippen molar-refractivity contribution in [1.29, 1.82) is 0 Å². The zero-order chi connectivity index (χ0) is 15.1. The number of alkyl halides is 3. The van der Waals surface area contributed by atoms with Crippen LogP contribution in [0.3, 0.4) is 0 Å². The molecule has 0 heterocycles. The second kappa shape index (κ2) is 7.56. The number of imide groups is 1. The van der Waals surface area contributed by atoms with Crippen LogP contribution in [0.4, 0.5) is 18.0 Å². The van der Waals surface area contributed by atoms with Crippen molar-refractivity contribution in [2.75, 3.05) is 13.2 Å². The molecule has 7 nitrogen and oxygen atoms in total. The molecule has 0 bridgehead atoms. The molecule has 0 aliphatic rings. The molecule has 1 unspecified atom stereocenters. The number of nitrogens with one attached hydrogen (secondary N) is 2. The van der Waals surface area contributed by atoms with Gasteiger partial charge in [0.15, 0.2) is 0 Å². The van der Waals surface area contributed by atoms with Gasteiger partial charge in [-0.1, -0.05) is 0 Å². The fourth-order valence-electron chi connectivity index (χ4n) is 1.05. The summed E-state index contributed by atoms with van der Waals surface area (Å²) in [6.07, 6.45) is -5.66. The normalized spacial score (nSPS) is 12.6. The van der Waals surface area contributed by atoms with E-state index < -0.39 is 49.8 Å². The Balaban J connectivity index is 3.90. The van der Waals surface area contributed by atoms with E-state index in [0.717, 1.165) is 6.92 Å². The Kier molecular flexibility index (Phi) is 6.83. The summed E-state index contributed by atoms with van der Waals surface area (Å²) >= 11 is 0. The van der Waals surface area contributed by atoms with Crippen LogP contribution < -0.4 is 10.6 Å². The Labute approximate surface area is 106 Å². The fraction of sp³-hybridized carbons (Fsp3) is 0.667. The zero-order valence-corrected chi connectivity index (χ0v) is 9.91. The first-order chi connectivity index (χ1) is 8.60. The summed E-state index contributed by atoms with van der Waals surface area (Å²) in [5.74, 6) is -2.26. The summed E-state index contributed by atoms with van der Waals surface area (Å²) in [4.78, 5) is 32.1. The molecule has 0 saturated carbocycles. The molecule has 0 aromatic rings. The molecule has 0 aromatic heterocycles. The highest BCUT2D eigenvalue weighted by atomic mass is 19.4. The summed E-state index contributed by atoms with van der Waals surface area (Å²) in [6.45, 7) is -0.286. The van der Waals surface area contributed by atoms with Crippen molar-refractivity contribution in [2.45, 2.75) is 25.6 Å². The Morgan fingerprint density at radius 2 is 1.84 bits per heavy atom. The van der Waals surface area contributed by atoms with Crippen LogP contribution in [-0.2, 0) is 14.3 Å². The zero-order valence-electron chi connectivity index (χ0n) is 9.91. The van der Waals surface area contributed by atoms with Crippen LogP contribution in [-0.4, -0.2) is 48.4 Å². The first kappa shape index (κ1) is 17.2. The minimum Gasteiger partial charge on any atom is -0.480 e. The van der Waals surface area contributed by atoms with Gasteiger partial charge in [0, 0.05) is 6.04 Å². The van der Waals surface area contributed by atoms with E-state index in [2.05, 4.69) is 4.74 Å². The van der Waals surface area contributed by atoms with Crippen molar-refractivity contribution >= 4 is 17.9 Å². The summed E-state index contributed by atoms with van der Waals surface area (Å²) in [6, 6.07) is -2.31. The lowest BCUT2D eigenvalue weighted by atomic mass is 10.2. The highest BCUT2D eigenvalue weighted by molar-refractivity contribution is 5.95. The molecule has 0 saturated heterocycles. The fourth-order valence-corrected chi connectivity index (χ4v) is 1.05. The quantitative estimate of drug-likeness (QED) is 0.649. The Bertz CT molecular complexity index is 345. The number of halogens is 3. The number of carboxylic acids is 1. The second-order valence-electron chi connectivity index (χ2n) is 3.63.